The molecule has 150 valence electrons. The molecule has 0 aromatic rings. The summed E-state index contributed by atoms with van der Waals surface area (Å²) in [5.41, 5.74) is 2.44. The van der Waals surface area contributed by atoms with Gasteiger partial charge in [-0.3, -0.25) is 14.4 Å². The number of ketones is 2. The molecule has 4 heteroatoms. The van der Waals surface area contributed by atoms with Gasteiger partial charge in [0.2, 0.25) is 0 Å². The zero-order chi connectivity index (χ0) is 20.3. The average Bonchev–Trinajstić information content (AvgIpc) is 2.90. The SMILES string of the molecule is CC(=O)OCC(=O)[C@H]1[C@H](C)C[C@@H]2[C@@H]3CCC4=CC(=O)C=C[C@]4(C)C3=CC[C@]21C. The number of carbonyl (C=O) groups is 3. The number of esters is 1. The van der Waals surface area contributed by atoms with Crippen LogP contribution in [0.1, 0.15) is 53.4 Å². The predicted molar refractivity (Wildman–Crippen MR) is 106 cm³/mol. The maximum absolute atomic E-state index is 13.0. The van der Waals surface area contributed by atoms with Crippen molar-refractivity contribution in [1.29, 1.82) is 0 Å². The highest BCUT2D eigenvalue weighted by Crippen LogP contribution is 2.65. The highest BCUT2D eigenvalue weighted by atomic mass is 16.5. The largest absolute Gasteiger partial charge is 0.458 e. The second-order valence-electron chi connectivity index (χ2n) is 9.67. The quantitative estimate of drug-likeness (QED) is 0.542. The van der Waals surface area contributed by atoms with Gasteiger partial charge in [0, 0.05) is 18.3 Å². The van der Waals surface area contributed by atoms with Crippen LogP contribution in [0.4, 0.5) is 0 Å². The maximum Gasteiger partial charge on any atom is 0.303 e. The van der Waals surface area contributed by atoms with Crippen LogP contribution < -0.4 is 0 Å². The van der Waals surface area contributed by atoms with Gasteiger partial charge < -0.3 is 4.74 Å². The molecule has 4 rings (SSSR count). The van der Waals surface area contributed by atoms with Crippen LogP contribution in [0.3, 0.4) is 0 Å². The Kier molecular flexibility index (Phi) is 4.52. The van der Waals surface area contributed by atoms with Crippen molar-refractivity contribution in [2.45, 2.75) is 53.4 Å². The van der Waals surface area contributed by atoms with E-state index in [9.17, 15) is 14.4 Å². The van der Waals surface area contributed by atoms with E-state index in [4.69, 9.17) is 4.74 Å². The molecular weight excluding hydrogens is 352 g/mol. The van der Waals surface area contributed by atoms with Gasteiger partial charge in [-0.2, -0.15) is 0 Å². The van der Waals surface area contributed by atoms with E-state index >= 15 is 0 Å². The molecule has 0 unspecified atom stereocenters. The lowest BCUT2D eigenvalue weighted by Gasteiger charge is -2.52. The van der Waals surface area contributed by atoms with E-state index in [1.807, 2.05) is 6.08 Å². The molecule has 4 nitrogen and oxygen atoms in total. The summed E-state index contributed by atoms with van der Waals surface area (Å²) in [6, 6.07) is 0. The van der Waals surface area contributed by atoms with Crippen LogP contribution in [-0.2, 0) is 19.1 Å². The lowest BCUT2D eigenvalue weighted by Crippen LogP contribution is -2.45. The molecule has 0 bridgehead atoms. The Morgan fingerprint density at radius 3 is 2.75 bits per heavy atom. The van der Waals surface area contributed by atoms with E-state index in [1.54, 1.807) is 6.08 Å². The number of fused-ring (bicyclic) bond motifs is 5. The van der Waals surface area contributed by atoms with Crippen LogP contribution in [0.5, 0.6) is 0 Å². The number of hydrogen-bond donors (Lipinski definition) is 0. The fourth-order valence-corrected chi connectivity index (χ4v) is 6.84. The summed E-state index contributed by atoms with van der Waals surface area (Å²) in [5, 5.41) is 0. The molecule has 0 aliphatic heterocycles. The smallest absolute Gasteiger partial charge is 0.303 e. The van der Waals surface area contributed by atoms with Crippen LogP contribution >= 0.6 is 0 Å². The third-order valence-electron chi connectivity index (χ3n) is 8.05. The third kappa shape index (κ3) is 2.75. The molecule has 0 aromatic heterocycles. The summed E-state index contributed by atoms with van der Waals surface area (Å²) < 4.78 is 5.04. The molecule has 0 radical (unpaired) electrons. The average molecular weight is 383 g/mol. The van der Waals surface area contributed by atoms with Gasteiger partial charge in [-0.05, 0) is 67.9 Å². The number of carbonyl (C=O) groups excluding carboxylic acids is 3. The minimum Gasteiger partial charge on any atom is -0.458 e. The normalized spacial score (nSPS) is 41.4. The molecule has 0 spiro atoms. The third-order valence-corrected chi connectivity index (χ3v) is 8.05. The van der Waals surface area contributed by atoms with Crippen molar-refractivity contribution in [2.24, 2.45) is 34.5 Å². The minimum atomic E-state index is -0.398. The summed E-state index contributed by atoms with van der Waals surface area (Å²) in [6.45, 7) is 7.92. The lowest BCUT2D eigenvalue weighted by atomic mass is 9.52. The summed E-state index contributed by atoms with van der Waals surface area (Å²) in [6.07, 6.45) is 11.9. The molecule has 28 heavy (non-hydrogen) atoms. The van der Waals surface area contributed by atoms with Gasteiger partial charge in [0.15, 0.2) is 11.6 Å². The lowest BCUT2D eigenvalue weighted by molar-refractivity contribution is -0.148. The van der Waals surface area contributed by atoms with Gasteiger partial charge in [-0.15, -0.1) is 0 Å². The van der Waals surface area contributed by atoms with Crippen molar-refractivity contribution in [1.82, 2.24) is 0 Å². The zero-order valence-electron chi connectivity index (χ0n) is 17.3. The first-order chi connectivity index (χ1) is 13.2. The number of ether oxygens (including phenoxy) is 1. The highest BCUT2D eigenvalue weighted by Gasteiger charge is 2.59. The van der Waals surface area contributed by atoms with Gasteiger partial charge in [0.25, 0.3) is 0 Å². The molecule has 0 aromatic carbocycles. The van der Waals surface area contributed by atoms with Crippen LogP contribution in [-0.4, -0.2) is 24.1 Å². The molecular formula is C24H30O4. The summed E-state index contributed by atoms with van der Waals surface area (Å²) in [5.74, 6) is 0.894. The van der Waals surface area contributed by atoms with Crippen molar-refractivity contribution < 1.29 is 19.1 Å². The first-order valence-corrected chi connectivity index (χ1v) is 10.5. The fourth-order valence-electron chi connectivity index (χ4n) is 6.84. The van der Waals surface area contributed by atoms with Crippen LogP contribution in [0.2, 0.25) is 0 Å². The van der Waals surface area contributed by atoms with E-state index in [-0.39, 0.29) is 34.9 Å². The number of allylic oxidation sites excluding steroid dienone is 6. The number of rotatable bonds is 3. The molecule has 0 N–H and O–H groups in total. The van der Waals surface area contributed by atoms with Gasteiger partial charge in [0.05, 0.1) is 0 Å². The number of hydrogen-bond acceptors (Lipinski definition) is 4. The van der Waals surface area contributed by atoms with Crippen molar-refractivity contribution in [3.8, 4) is 0 Å². The fraction of sp³-hybridized carbons (Fsp3) is 0.625. The second kappa shape index (κ2) is 6.53. The molecule has 0 saturated heterocycles. The first-order valence-electron chi connectivity index (χ1n) is 10.5. The Morgan fingerprint density at radius 2 is 2.04 bits per heavy atom. The van der Waals surface area contributed by atoms with Crippen molar-refractivity contribution in [3.05, 3.63) is 35.5 Å². The standard InChI is InChI=1S/C24H30O4/c1-14-11-20-18-6-5-16-12-17(26)7-9-23(16,3)19(18)8-10-24(20,4)22(14)21(27)13-28-15(2)25/h7-9,12,14,18,20,22H,5-6,10-11,13H2,1-4H3/t14-,18-,20-,22-,23+,24-/m1/s1. The van der Waals surface area contributed by atoms with E-state index in [0.717, 1.165) is 25.7 Å². The molecule has 2 fully saturated rings. The van der Waals surface area contributed by atoms with Gasteiger partial charge in [-0.25, -0.2) is 0 Å². The van der Waals surface area contributed by atoms with Crippen molar-refractivity contribution >= 4 is 17.5 Å². The zero-order valence-corrected chi connectivity index (χ0v) is 17.3. The van der Waals surface area contributed by atoms with Gasteiger partial charge in [-0.1, -0.05) is 37.1 Å². The monoisotopic (exact) mass is 382 g/mol. The molecule has 4 aliphatic rings. The summed E-state index contributed by atoms with van der Waals surface area (Å²) in [7, 11) is 0. The Hall–Kier alpha value is -1.97. The summed E-state index contributed by atoms with van der Waals surface area (Å²) in [4.78, 5) is 36.0. The number of Topliss-reactive ketones (excluding diaryl/α,β-unsaturated/α-hetero) is 1. The van der Waals surface area contributed by atoms with Crippen molar-refractivity contribution in [2.75, 3.05) is 6.61 Å². The molecule has 0 heterocycles. The molecule has 0 amide bonds. The maximum atomic E-state index is 13.0. The van der Waals surface area contributed by atoms with Crippen molar-refractivity contribution in [3.63, 3.8) is 0 Å². The first kappa shape index (κ1) is 19.4. The Morgan fingerprint density at radius 1 is 1.29 bits per heavy atom. The Labute approximate surface area is 167 Å². The minimum absolute atomic E-state index is 0.0651. The van der Waals surface area contributed by atoms with Crippen LogP contribution in [0.25, 0.3) is 0 Å². The molecule has 4 aliphatic carbocycles. The Bertz CT molecular complexity index is 832. The second-order valence-corrected chi connectivity index (χ2v) is 9.67. The topological polar surface area (TPSA) is 60.4 Å². The van der Waals surface area contributed by atoms with Gasteiger partial charge in [0.1, 0.15) is 6.61 Å². The van der Waals surface area contributed by atoms with Gasteiger partial charge >= 0.3 is 5.97 Å². The predicted octanol–water partition coefficient (Wildman–Crippen LogP) is 4.21. The summed E-state index contributed by atoms with van der Waals surface area (Å²) >= 11 is 0. The molecule has 2 saturated carbocycles. The van der Waals surface area contributed by atoms with E-state index in [2.05, 4.69) is 32.9 Å². The van der Waals surface area contributed by atoms with Crippen LogP contribution in [0.15, 0.2) is 35.5 Å². The Balaban J connectivity index is 1.66. The molecule has 6 atom stereocenters. The highest BCUT2D eigenvalue weighted by molar-refractivity contribution is 6.01. The van der Waals surface area contributed by atoms with Crippen LogP contribution in [0, 0.1) is 34.5 Å². The van der Waals surface area contributed by atoms with E-state index in [0.29, 0.717) is 17.8 Å². The van der Waals surface area contributed by atoms with E-state index < -0.39 is 5.97 Å². The van der Waals surface area contributed by atoms with E-state index in [1.165, 1.54) is 18.1 Å².